The van der Waals surface area contributed by atoms with Gasteiger partial charge in [-0.25, -0.2) is 9.97 Å². The number of carbonyl (C=O) groups excluding carboxylic acids is 1. The van der Waals surface area contributed by atoms with Gasteiger partial charge in [-0.3, -0.25) is 9.36 Å². The number of piperidine rings is 1. The summed E-state index contributed by atoms with van der Waals surface area (Å²) in [6.07, 6.45) is 6.55. The number of nitrogens with one attached hydrogen (secondary N) is 3. The van der Waals surface area contributed by atoms with Crippen LogP contribution >= 0.6 is 0 Å². The van der Waals surface area contributed by atoms with Gasteiger partial charge in [-0.2, -0.15) is 4.98 Å². The molecule has 0 bridgehead atoms. The topological polar surface area (TPSA) is 96.8 Å². The second-order valence-electron chi connectivity index (χ2n) is 8.32. The third-order valence-corrected chi connectivity index (χ3v) is 5.97. The number of rotatable bonds is 6. The molecule has 2 aromatic heterocycles. The van der Waals surface area contributed by atoms with E-state index in [1.807, 2.05) is 47.0 Å². The average Bonchev–Trinajstić information content (AvgIpc) is 3.28. The molecule has 1 aliphatic rings. The number of anilines is 2. The molecule has 3 N–H and O–H groups in total. The van der Waals surface area contributed by atoms with Gasteiger partial charge in [0.25, 0.3) is 0 Å². The number of benzene rings is 2. The van der Waals surface area contributed by atoms with Crippen LogP contribution in [0.4, 0.5) is 11.6 Å². The summed E-state index contributed by atoms with van der Waals surface area (Å²) in [5, 5.41) is 9.65. The first-order chi connectivity index (χ1) is 16.2. The lowest BCUT2D eigenvalue weighted by atomic mass is 10.0. The number of carbonyl (C=O) groups is 1. The van der Waals surface area contributed by atoms with E-state index in [1.165, 1.54) is 0 Å². The van der Waals surface area contributed by atoms with Gasteiger partial charge in [0.15, 0.2) is 0 Å². The Morgan fingerprint density at radius 1 is 1.12 bits per heavy atom. The quantitative estimate of drug-likeness (QED) is 0.417. The van der Waals surface area contributed by atoms with E-state index in [4.69, 9.17) is 0 Å². The Morgan fingerprint density at radius 3 is 2.82 bits per heavy atom. The SMILES string of the molecule is C[C@H](Nc1nccc(-n2cnc3cc(NC(=O)[C@H]4CCCCN4)ccc32)n1)c1ccccc1. The molecule has 1 amide bonds. The van der Waals surface area contributed by atoms with Crippen molar-refractivity contribution in [2.24, 2.45) is 0 Å². The molecule has 8 nitrogen and oxygen atoms in total. The van der Waals surface area contributed by atoms with Crippen LogP contribution in [0.2, 0.25) is 0 Å². The molecule has 1 fully saturated rings. The molecule has 2 atom stereocenters. The first-order valence-electron chi connectivity index (χ1n) is 11.3. The van der Waals surface area contributed by atoms with Gasteiger partial charge in [0.2, 0.25) is 11.9 Å². The van der Waals surface area contributed by atoms with E-state index in [1.54, 1.807) is 12.5 Å². The lowest BCUT2D eigenvalue weighted by Crippen LogP contribution is -2.43. The van der Waals surface area contributed by atoms with E-state index in [0.29, 0.717) is 5.95 Å². The Bertz CT molecular complexity index is 1250. The predicted octanol–water partition coefficient (Wildman–Crippen LogP) is 4.07. The van der Waals surface area contributed by atoms with E-state index < -0.39 is 0 Å². The summed E-state index contributed by atoms with van der Waals surface area (Å²) in [7, 11) is 0. The first kappa shape index (κ1) is 21.1. The van der Waals surface area contributed by atoms with Crippen molar-refractivity contribution in [3.8, 4) is 5.82 Å². The van der Waals surface area contributed by atoms with E-state index >= 15 is 0 Å². The number of imidazole rings is 1. The monoisotopic (exact) mass is 441 g/mol. The van der Waals surface area contributed by atoms with Crippen molar-refractivity contribution in [1.29, 1.82) is 0 Å². The number of aromatic nitrogens is 4. The van der Waals surface area contributed by atoms with Crippen molar-refractivity contribution < 1.29 is 4.79 Å². The number of fused-ring (bicyclic) bond motifs is 1. The van der Waals surface area contributed by atoms with Crippen LogP contribution in [0.5, 0.6) is 0 Å². The van der Waals surface area contributed by atoms with Gasteiger partial charge >= 0.3 is 0 Å². The summed E-state index contributed by atoms with van der Waals surface area (Å²) < 4.78 is 1.92. The van der Waals surface area contributed by atoms with E-state index in [0.717, 1.165) is 53.9 Å². The minimum atomic E-state index is -0.128. The summed E-state index contributed by atoms with van der Waals surface area (Å²) in [5.74, 6) is 1.28. The highest BCUT2D eigenvalue weighted by atomic mass is 16.2. The van der Waals surface area contributed by atoms with Crippen LogP contribution in [0.1, 0.15) is 37.8 Å². The minimum absolute atomic E-state index is 0.00698. The second kappa shape index (κ2) is 9.38. The van der Waals surface area contributed by atoms with Gasteiger partial charge in [0, 0.05) is 11.9 Å². The Balaban J connectivity index is 1.34. The van der Waals surface area contributed by atoms with Crippen LogP contribution in [0.3, 0.4) is 0 Å². The van der Waals surface area contributed by atoms with Crippen molar-refractivity contribution >= 4 is 28.6 Å². The first-order valence-corrected chi connectivity index (χ1v) is 11.3. The Morgan fingerprint density at radius 2 is 2.00 bits per heavy atom. The maximum atomic E-state index is 12.5. The van der Waals surface area contributed by atoms with Crippen LogP contribution in [-0.4, -0.2) is 38.0 Å². The highest BCUT2D eigenvalue weighted by molar-refractivity contribution is 5.96. The Labute approximate surface area is 192 Å². The van der Waals surface area contributed by atoms with Gasteiger partial charge in [-0.15, -0.1) is 0 Å². The van der Waals surface area contributed by atoms with Crippen LogP contribution in [0.15, 0.2) is 67.1 Å². The molecular weight excluding hydrogens is 414 g/mol. The van der Waals surface area contributed by atoms with Gasteiger partial charge in [-0.05, 0) is 56.1 Å². The molecule has 5 rings (SSSR count). The molecule has 3 heterocycles. The molecule has 1 aliphatic heterocycles. The van der Waals surface area contributed by atoms with Crippen molar-refractivity contribution in [3.05, 3.63) is 72.7 Å². The zero-order valence-electron chi connectivity index (χ0n) is 18.5. The van der Waals surface area contributed by atoms with E-state index in [9.17, 15) is 4.79 Å². The standard InChI is InChI=1S/C25H27N7O/c1-17(18-7-3-2-4-8-18)29-25-27-14-12-23(31-25)32-16-28-21-15-19(10-11-22(21)32)30-24(33)20-9-5-6-13-26-20/h2-4,7-8,10-12,14-17,20,26H,5-6,9,13H2,1H3,(H,30,33)(H,27,29,31)/t17-,20+/m0/s1. The molecule has 0 saturated carbocycles. The molecule has 4 aromatic rings. The predicted molar refractivity (Wildman–Crippen MR) is 129 cm³/mol. The average molecular weight is 442 g/mol. The Kier molecular flexibility index (Phi) is 5.99. The van der Waals surface area contributed by atoms with Gasteiger partial charge in [0.1, 0.15) is 12.1 Å². The molecule has 0 radical (unpaired) electrons. The van der Waals surface area contributed by atoms with Crippen molar-refractivity contribution in [2.75, 3.05) is 17.2 Å². The molecular formula is C25H27N7O. The number of hydrogen-bond donors (Lipinski definition) is 3. The summed E-state index contributed by atoms with van der Waals surface area (Å²) in [6.45, 7) is 2.97. The van der Waals surface area contributed by atoms with Gasteiger partial charge < -0.3 is 16.0 Å². The fourth-order valence-electron chi connectivity index (χ4n) is 4.15. The third-order valence-electron chi connectivity index (χ3n) is 5.97. The molecule has 2 aromatic carbocycles. The second-order valence-corrected chi connectivity index (χ2v) is 8.32. The van der Waals surface area contributed by atoms with Crippen LogP contribution in [0, 0.1) is 0 Å². The van der Waals surface area contributed by atoms with Crippen LogP contribution < -0.4 is 16.0 Å². The molecule has 168 valence electrons. The fourth-order valence-corrected chi connectivity index (χ4v) is 4.15. The zero-order valence-corrected chi connectivity index (χ0v) is 18.5. The van der Waals surface area contributed by atoms with E-state index in [2.05, 4.69) is 50.0 Å². The zero-order chi connectivity index (χ0) is 22.6. The van der Waals surface area contributed by atoms with Crippen LogP contribution in [0.25, 0.3) is 16.9 Å². The molecule has 0 aliphatic carbocycles. The lowest BCUT2D eigenvalue weighted by molar-refractivity contribution is -0.118. The third kappa shape index (κ3) is 4.70. The smallest absolute Gasteiger partial charge is 0.241 e. The number of amides is 1. The number of nitrogens with zero attached hydrogens (tertiary/aromatic N) is 4. The fraction of sp³-hybridized carbons (Fsp3) is 0.280. The van der Waals surface area contributed by atoms with Crippen molar-refractivity contribution in [2.45, 2.75) is 38.3 Å². The maximum absolute atomic E-state index is 12.5. The summed E-state index contributed by atoms with van der Waals surface area (Å²) in [6, 6.07) is 17.7. The van der Waals surface area contributed by atoms with E-state index in [-0.39, 0.29) is 18.0 Å². The molecule has 8 heteroatoms. The Hall–Kier alpha value is -3.78. The van der Waals surface area contributed by atoms with Crippen LogP contribution in [-0.2, 0) is 4.79 Å². The molecule has 0 unspecified atom stereocenters. The molecule has 0 spiro atoms. The summed E-state index contributed by atoms with van der Waals surface area (Å²) in [4.78, 5) is 26.1. The molecule has 1 saturated heterocycles. The van der Waals surface area contributed by atoms with Crippen molar-refractivity contribution in [1.82, 2.24) is 24.8 Å². The largest absolute Gasteiger partial charge is 0.348 e. The summed E-state index contributed by atoms with van der Waals surface area (Å²) in [5.41, 5.74) is 3.60. The van der Waals surface area contributed by atoms with Gasteiger partial charge in [0.05, 0.1) is 23.1 Å². The highest BCUT2D eigenvalue weighted by Gasteiger charge is 2.20. The lowest BCUT2D eigenvalue weighted by Gasteiger charge is -2.22. The molecule has 33 heavy (non-hydrogen) atoms. The highest BCUT2D eigenvalue weighted by Crippen LogP contribution is 2.23. The number of hydrogen-bond acceptors (Lipinski definition) is 6. The van der Waals surface area contributed by atoms with Gasteiger partial charge in [-0.1, -0.05) is 36.8 Å². The normalized spacial score (nSPS) is 16.9. The van der Waals surface area contributed by atoms with Crippen molar-refractivity contribution in [3.63, 3.8) is 0 Å². The minimum Gasteiger partial charge on any atom is -0.348 e. The summed E-state index contributed by atoms with van der Waals surface area (Å²) >= 11 is 0. The maximum Gasteiger partial charge on any atom is 0.241 e.